The average Bonchev–Trinajstić information content (AvgIpc) is 2.62. The topological polar surface area (TPSA) is 88.1 Å². The fourth-order valence-corrected chi connectivity index (χ4v) is 3.22. The number of carbonyl (C=O) groups excluding carboxylic acids is 1. The lowest BCUT2D eigenvalue weighted by Crippen LogP contribution is -2.39. The number of nitrogens with one attached hydrogen (secondary N) is 1. The number of anilines is 1. The number of rotatable bonds is 7. The number of nitrogens with zero attached hydrogens (tertiary/aromatic N) is 2. The number of sulfonamides is 1. The first kappa shape index (κ1) is 21.0. The second-order valence-electron chi connectivity index (χ2n) is 5.43. The molecule has 0 saturated heterocycles. The van der Waals surface area contributed by atoms with E-state index < -0.39 is 22.5 Å². The van der Waals surface area contributed by atoms with Crippen LogP contribution in [0.5, 0.6) is 5.75 Å². The quantitative estimate of drug-likeness (QED) is 0.541. The van der Waals surface area contributed by atoms with Gasteiger partial charge >= 0.3 is 0 Å². The van der Waals surface area contributed by atoms with Crippen LogP contribution in [0.15, 0.2) is 47.6 Å². The molecule has 0 saturated carbocycles. The molecule has 144 valence electrons. The summed E-state index contributed by atoms with van der Waals surface area (Å²) < 4.78 is 30.0. The number of halogens is 2. The number of hydrazone groups is 1. The maximum atomic E-state index is 12.1. The van der Waals surface area contributed by atoms with Crippen molar-refractivity contribution in [1.29, 1.82) is 0 Å². The number of methoxy groups -OCH3 is 1. The largest absolute Gasteiger partial charge is 0.497 e. The maximum absolute atomic E-state index is 12.1. The van der Waals surface area contributed by atoms with Crippen molar-refractivity contribution in [2.75, 3.05) is 24.2 Å². The van der Waals surface area contributed by atoms with Crippen molar-refractivity contribution in [1.82, 2.24) is 5.43 Å². The van der Waals surface area contributed by atoms with E-state index >= 15 is 0 Å². The van der Waals surface area contributed by atoms with Gasteiger partial charge in [0.25, 0.3) is 5.91 Å². The molecule has 2 aromatic carbocycles. The van der Waals surface area contributed by atoms with Crippen molar-refractivity contribution in [2.45, 2.75) is 0 Å². The van der Waals surface area contributed by atoms with Crippen LogP contribution < -0.4 is 14.5 Å². The molecule has 2 aromatic rings. The monoisotopic (exact) mass is 429 g/mol. The molecule has 1 N–H and O–H groups in total. The minimum Gasteiger partial charge on any atom is -0.497 e. The summed E-state index contributed by atoms with van der Waals surface area (Å²) in [5.74, 6) is 0.0814. The second kappa shape index (κ2) is 9.07. The van der Waals surface area contributed by atoms with Gasteiger partial charge in [-0.25, -0.2) is 13.8 Å². The fourth-order valence-electron chi connectivity index (χ4n) is 2.07. The second-order valence-corrected chi connectivity index (χ2v) is 8.16. The molecule has 0 aliphatic carbocycles. The Hall–Kier alpha value is -2.29. The van der Waals surface area contributed by atoms with E-state index in [9.17, 15) is 13.2 Å². The first-order chi connectivity index (χ1) is 12.7. The highest BCUT2D eigenvalue weighted by molar-refractivity contribution is 7.92. The van der Waals surface area contributed by atoms with Crippen molar-refractivity contribution in [3.8, 4) is 5.75 Å². The zero-order chi connectivity index (χ0) is 20.0. The highest BCUT2D eigenvalue weighted by Crippen LogP contribution is 2.28. The van der Waals surface area contributed by atoms with Gasteiger partial charge in [-0.3, -0.25) is 9.10 Å². The Morgan fingerprint density at radius 1 is 1.19 bits per heavy atom. The van der Waals surface area contributed by atoms with Crippen LogP contribution in [0.4, 0.5) is 5.69 Å². The maximum Gasteiger partial charge on any atom is 0.260 e. The van der Waals surface area contributed by atoms with Gasteiger partial charge in [-0.2, -0.15) is 5.10 Å². The zero-order valence-electron chi connectivity index (χ0n) is 14.5. The fraction of sp³-hybridized carbons (Fsp3) is 0.176. The van der Waals surface area contributed by atoms with Gasteiger partial charge < -0.3 is 4.74 Å². The number of hydrogen-bond acceptors (Lipinski definition) is 5. The number of ether oxygens (including phenoxy) is 1. The first-order valence-corrected chi connectivity index (χ1v) is 10.2. The molecule has 0 fully saturated rings. The molecule has 7 nitrogen and oxygen atoms in total. The van der Waals surface area contributed by atoms with E-state index in [1.807, 2.05) is 0 Å². The Morgan fingerprint density at radius 2 is 1.85 bits per heavy atom. The van der Waals surface area contributed by atoms with Gasteiger partial charge in [-0.05, 0) is 48.0 Å². The molecule has 0 spiro atoms. The van der Waals surface area contributed by atoms with Gasteiger partial charge in [0.05, 0.1) is 35.3 Å². The third kappa shape index (κ3) is 6.13. The minimum absolute atomic E-state index is 0.181. The zero-order valence-corrected chi connectivity index (χ0v) is 16.8. The predicted molar refractivity (Wildman–Crippen MR) is 107 cm³/mol. The highest BCUT2D eigenvalue weighted by Gasteiger charge is 2.21. The highest BCUT2D eigenvalue weighted by atomic mass is 35.5. The molecule has 10 heteroatoms. The molecule has 27 heavy (non-hydrogen) atoms. The smallest absolute Gasteiger partial charge is 0.260 e. The Labute approximate surface area is 167 Å². The first-order valence-electron chi connectivity index (χ1n) is 7.59. The Bertz CT molecular complexity index is 947. The van der Waals surface area contributed by atoms with Gasteiger partial charge in [0.2, 0.25) is 10.0 Å². The molecule has 0 atom stereocenters. The number of benzene rings is 2. The summed E-state index contributed by atoms with van der Waals surface area (Å²) >= 11 is 11.8. The summed E-state index contributed by atoms with van der Waals surface area (Å²) in [5, 5.41) is 4.28. The lowest BCUT2D eigenvalue weighted by atomic mass is 10.2. The van der Waals surface area contributed by atoms with E-state index in [4.69, 9.17) is 27.9 Å². The lowest BCUT2D eigenvalue weighted by Gasteiger charge is -2.21. The third-order valence-corrected chi connectivity index (χ3v) is 5.28. The molecular weight excluding hydrogens is 413 g/mol. The Morgan fingerprint density at radius 3 is 2.41 bits per heavy atom. The van der Waals surface area contributed by atoms with Gasteiger partial charge in [0.1, 0.15) is 12.3 Å². The van der Waals surface area contributed by atoms with Crippen molar-refractivity contribution < 1.29 is 17.9 Å². The van der Waals surface area contributed by atoms with Gasteiger partial charge in [0, 0.05) is 0 Å². The van der Waals surface area contributed by atoms with E-state index in [0.29, 0.717) is 5.75 Å². The molecule has 0 heterocycles. The van der Waals surface area contributed by atoms with Crippen molar-refractivity contribution in [3.63, 3.8) is 0 Å². The van der Waals surface area contributed by atoms with Crippen molar-refractivity contribution >= 4 is 51.0 Å². The van der Waals surface area contributed by atoms with Gasteiger partial charge in [-0.1, -0.05) is 23.2 Å². The van der Waals surface area contributed by atoms with Crippen LogP contribution in [0, 0.1) is 0 Å². The summed E-state index contributed by atoms with van der Waals surface area (Å²) in [6, 6.07) is 11.3. The average molecular weight is 430 g/mol. The van der Waals surface area contributed by atoms with Gasteiger partial charge in [0.15, 0.2) is 0 Å². The summed E-state index contributed by atoms with van der Waals surface area (Å²) in [4.78, 5) is 12.1. The summed E-state index contributed by atoms with van der Waals surface area (Å²) in [7, 11) is -2.16. The molecular formula is C17H17Cl2N3O4S. The molecule has 2 rings (SSSR count). The van der Waals surface area contributed by atoms with Crippen molar-refractivity contribution in [2.24, 2.45) is 5.10 Å². The van der Waals surface area contributed by atoms with E-state index in [-0.39, 0.29) is 15.7 Å². The SMILES string of the molecule is COc1ccc(/C=N\NC(=O)CN(c2ccc(Cl)c(Cl)c2)S(C)(=O)=O)cc1. The molecule has 1 amide bonds. The lowest BCUT2D eigenvalue weighted by molar-refractivity contribution is -0.119. The van der Waals surface area contributed by atoms with E-state index in [2.05, 4.69) is 10.5 Å². The summed E-state index contributed by atoms with van der Waals surface area (Å²) in [6.45, 7) is -0.462. The van der Waals surface area contributed by atoms with E-state index in [1.165, 1.54) is 24.4 Å². The normalized spacial score (nSPS) is 11.4. The minimum atomic E-state index is -3.72. The summed E-state index contributed by atoms with van der Waals surface area (Å²) in [5.41, 5.74) is 3.25. The predicted octanol–water partition coefficient (Wildman–Crippen LogP) is 2.92. The van der Waals surface area contributed by atoms with Crippen LogP contribution in [-0.4, -0.2) is 40.4 Å². The summed E-state index contributed by atoms with van der Waals surface area (Å²) in [6.07, 6.45) is 2.42. The Kier molecular flexibility index (Phi) is 7.06. The van der Waals surface area contributed by atoms with Crippen LogP contribution in [-0.2, 0) is 14.8 Å². The molecule has 0 aliphatic heterocycles. The number of amides is 1. The molecule has 0 radical (unpaired) electrons. The van der Waals surface area contributed by atoms with E-state index in [0.717, 1.165) is 16.1 Å². The number of carbonyl (C=O) groups is 1. The third-order valence-electron chi connectivity index (χ3n) is 3.40. The van der Waals surface area contributed by atoms with Crippen molar-refractivity contribution in [3.05, 3.63) is 58.1 Å². The standard InChI is InChI=1S/C17H17Cl2N3O4S/c1-26-14-6-3-12(4-7-14)10-20-21-17(23)11-22(27(2,24)25)13-5-8-15(18)16(19)9-13/h3-10H,11H2,1-2H3,(H,21,23)/b20-10-. The molecule has 0 aromatic heterocycles. The number of hydrogen-bond donors (Lipinski definition) is 1. The van der Waals surface area contributed by atoms with Crippen LogP contribution in [0.3, 0.4) is 0 Å². The van der Waals surface area contributed by atoms with Crippen LogP contribution in [0.25, 0.3) is 0 Å². The van der Waals surface area contributed by atoms with Crippen LogP contribution >= 0.6 is 23.2 Å². The molecule has 0 aliphatic rings. The molecule has 0 unspecified atom stereocenters. The molecule has 0 bridgehead atoms. The van der Waals surface area contributed by atoms with Gasteiger partial charge in [-0.15, -0.1) is 0 Å². The van der Waals surface area contributed by atoms with Crippen LogP contribution in [0.2, 0.25) is 10.0 Å². The Balaban J connectivity index is 2.07. The van der Waals surface area contributed by atoms with Crippen LogP contribution in [0.1, 0.15) is 5.56 Å². The van der Waals surface area contributed by atoms with E-state index in [1.54, 1.807) is 31.4 Å².